The van der Waals surface area contributed by atoms with Crippen molar-refractivity contribution in [1.82, 2.24) is 15.1 Å². The van der Waals surface area contributed by atoms with Gasteiger partial charge in [-0.15, -0.1) is 0 Å². The van der Waals surface area contributed by atoms with Crippen LogP contribution in [0.4, 0.5) is 0 Å². The number of aromatic nitrogens is 2. The van der Waals surface area contributed by atoms with Crippen molar-refractivity contribution < 1.29 is 0 Å². The van der Waals surface area contributed by atoms with Crippen molar-refractivity contribution in [2.24, 2.45) is 18.9 Å². The zero-order valence-electron chi connectivity index (χ0n) is 13.8. The molecule has 1 fully saturated rings. The molecular formula is C17H31N3. The summed E-state index contributed by atoms with van der Waals surface area (Å²) in [6, 6.07) is 0.684. The molecule has 3 nitrogen and oxygen atoms in total. The second-order valence-electron chi connectivity index (χ2n) is 7.05. The molecule has 1 aromatic heterocycles. The van der Waals surface area contributed by atoms with Crippen LogP contribution in [-0.2, 0) is 13.6 Å². The second kappa shape index (κ2) is 6.75. The average molecular weight is 277 g/mol. The highest BCUT2D eigenvalue weighted by molar-refractivity contribution is 5.20. The van der Waals surface area contributed by atoms with Crippen LogP contribution in [0.5, 0.6) is 0 Å². The van der Waals surface area contributed by atoms with E-state index in [0.717, 1.165) is 18.4 Å². The van der Waals surface area contributed by atoms with E-state index in [4.69, 9.17) is 0 Å². The molecule has 0 radical (unpaired) electrons. The molecule has 0 aliphatic heterocycles. The number of aryl methyl sites for hydroxylation is 1. The standard InChI is InChI=1S/C17H31N3/c1-12(2)15-8-6-7-9-16(15)18-10-14-11-20(5)19-17(14)13(3)4/h11-13,15-16,18H,6-10H2,1-5H3. The topological polar surface area (TPSA) is 29.9 Å². The zero-order chi connectivity index (χ0) is 14.7. The van der Waals surface area contributed by atoms with Crippen LogP contribution in [0.25, 0.3) is 0 Å². The van der Waals surface area contributed by atoms with E-state index in [2.05, 4.69) is 44.3 Å². The van der Waals surface area contributed by atoms with Crippen LogP contribution in [0.2, 0.25) is 0 Å². The van der Waals surface area contributed by atoms with Crippen molar-refractivity contribution in [3.05, 3.63) is 17.5 Å². The van der Waals surface area contributed by atoms with Gasteiger partial charge >= 0.3 is 0 Å². The van der Waals surface area contributed by atoms with Crippen LogP contribution >= 0.6 is 0 Å². The van der Waals surface area contributed by atoms with E-state index in [9.17, 15) is 0 Å². The van der Waals surface area contributed by atoms with E-state index < -0.39 is 0 Å². The van der Waals surface area contributed by atoms with Gasteiger partial charge in [0.25, 0.3) is 0 Å². The van der Waals surface area contributed by atoms with Crippen molar-refractivity contribution in [3.8, 4) is 0 Å². The minimum absolute atomic E-state index is 0.500. The molecule has 1 heterocycles. The first-order valence-electron chi connectivity index (χ1n) is 8.24. The lowest BCUT2D eigenvalue weighted by atomic mass is 9.78. The summed E-state index contributed by atoms with van der Waals surface area (Å²) >= 11 is 0. The third-order valence-corrected chi connectivity index (χ3v) is 4.71. The molecule has 20 heavy (non-hydrogen) atoms. The third-order valence-electron chi connectivity index (χ3n) is 4.71. The van der Waals surface area contributed by atoms with Gasteiger partial charge in [-0.25, -0.2) is 0 Å². The van der Waals surface area contributed by atoms with Crippen LogP contribution in [0, 0.1) is 11.8 Å². The summed E-state index contributed by atoms with van der Waals surface area (Å²) in [6.07, 6.45) is 7.69. The fraction of sp³-hybridized carbons (Fsp3) is 0.824. The molecule has 0 saturated heterocycles. The van der Waals surface area contributed by atoms with Gasteiger partial charge in [-0.1, -0.05) is 40.5 Å². The van der Waals surface area contributed by atoms with Crippen molar-refractivity contribution in [1.29, 1.82) is 0 Å². The van der Waals surface area contributed by atoms with Gasteiger partial charge in [-0.05, 0) is 30.6 Å². The first kappa shape index (κ1) is 15.6. The molecular weight excluding hydrogens is 246 g/mol. The summed E-state index contributed by atoms with van der Waals surface area (Å²) in [4.78, 5) is 0. The summed E-state index contributed by atoms with van der Waals surface area (Å²) in [6.45, 7) is 10.2. The Morgan fingerprint density at radius 1 is 1.25 bits per heavy atom. The molecule has 0 amide bonds. The van der Waals surface area contributed by atoms with Crippen LogP contribution < -0.4 is 5.32 Å². The molecule has 1 saturated carbocycles. The van der Waals surface area contributed by atoms with Crippen molar-refractivity contribution in [3.63, 3.8) is 0 Å². The smallest absolute Gasteiger partial charge is 0.0694 e. The molecule has 1 aliphatic rings. The lowest BCUT2D eigenvalue weighted by molar-refractivity contribution is 0.204. The number of nitrogens with zero attached hydrogens (tertiary/aromatic N) is 2. The SMILES string of the molecule is CC(C)c1nn(C)cc1CNC1CCCCC1C(C)C. The monoisotopic (exact) mass is 277 g/mol. The number of hydrogen-bond donors (Lipinski definition) is 1. The Bertz CT molecular complexity index is 420. The van der Waals surface area contributed by atoms with Crippen molar-refractivity contribution >= 4 is 0 Å². The fourth-order valence-electron chi connectivity index (χ4n) is 3.63. The van der Waals surface area contributed by atoms with Crippen molar-refractivity contribution in [2.75, 3.05) is 0 Å². The summed E-state index contributed by atoms with van der Waals surface area (Å²) in [5.41, 5.74) is 2.62. The van der Waals surface area contributed by atoms with Gasteiger partial charge in [0.15, 0.2) is 0 Å². The van der Waals surface area contributed by atoms with E-state index in [1.165, 1.54) is 36.9 Å². The molecule has 3 heteroatoms. The Balaban J connectivity index is 2.00. The molecule has 1 aromatic rings. The van der Waals surface area contributed by atoms with Gasteiger partial charge in [0.1, 0.15) is 0 Å². The molecule has 0 aromatic carbocycles. The number of nitrogens with one attached hydrogen (secondary N) is 1. The summed E-state index contributed by atoms with van der Waals surface area (Å²) in [5.74, 6) is 2.12. The van der Waals surface area contributed by atoms with Crippen LogP contribution in [0.1, 0.15) is 70.6 Å². The molecule has 2 atom stereocenters. The minimum Gasteiger partial charge on any atom is -0.310 e. The largest absolute Gasteiger partial charge is 0.310 e. The Kier molecular flexibility index (Phi) is 5.25. The maximum atomic E-state index is 4.60. The summed E-state index contributed by atoms with van der Waals surface area (Å²) in [7, 11) is 2.02. The second-order valence-corrected chi connectivity index (χ2v) is 7.05. The van der Waals surface area contributed by atoms with E-state index in [0.29, 0.717) is 12.0 Å². The van der Waals surface area contributed by atoms with Gasteiger partial charge in [0.05, 0.1) is 5.69 Å². The molecule has 1 N–H and O–H groups in total. The van der Waals surface area contributed by atoms with Crippen LogP contribution in [0.3, 0.4) is 0 Å². The molecule has 0 spiro atoms. The van der Waals surface area contributed by atoms with Crippen LogP contribution in [0.15, 0.2) is 6.20 Å². The van der Waals surface area contributed by atoms with Crippen molar-refractivity contribution in [2.45, 2.75) is 71.9 Å². The molecule has 2 unspecified atom stereocenters. The Morgan fingerprint density at radius 2 is 1.95 bits per heavy atom. The lowest BCUT2D eigenvalue weighted by Crippen LogP contribution is -2.40. The fourth-order valence-corrected chi connectivity index (χ4v) is 3.63. The van der Waals surface area contributed by atoms with E-state index in [1.54, 1.807) is 0 Å². The normalized spacial score (nSPS) is 23.8. The van der Waals surface area contributed by atoms with Crippen LogP contribution in [-0.4, -0.2) is 15.8 Å². The highest BCUT2D eigenvalue weighted by Crippen LogP contribution is 2.30. The first-order valence-corrected chi connectivity index (χ1v) is 8.24. The molecule has 114 valence electrons. The summed E-state index contributed by atoms with van der Waals surface area (Å²) < 4.78 is 1.95. The Labute approximate surface area is 124 Å². The highest BCUT2D eigenvalue weighted by atomic mass is 15.3. The minimum atomic E-state index is 0.500. The van der Waals surface area contributed by atoms with Gasteiger partial charge in [-0.2, -0.15) is 5.10 Å². The van der Waals surface area contributed by atoms with E-state index in [1.807, 2.05) is 11.7 Å². The lowest BCUT2D eigenvalue weighted by Gasteiger charge is -2.35. The van der Waals surface area contributed by atoms with Gasteiger partial charge in [-0.3, -0.25) is 4.68 Å². The van der Waals surface area contributed by atoms with Gasteiger partial charge in [0.2, 0.25) is 0 Å². The molecule has 0 bridgehead atoms. The third kappa shape index (κ3) is 3.63. The zero-order valence-corrected chi connectivity index (χ0v) is 13.8. The van der Waals surface area contributed by atoms with Gasteiger partial charge < -0.3 is 5.32 Å². The van der Waals surface area contributed by atoms with E-state index >= 15 is 0 Å². The maximum Gasteiger partial charge on any atom is 0.0694 e. The Hall–Kier alpha value is -0.830. The Morgan fingerprint density at radius 3 is 2.60 bits per heavy atom. The predicted octanol–water partition coefficient (Wildman–Crippen LogP) is 3.85. The quantitative estimate of drug-likeness (QED) is 0.886. The number of rotatable bonds is 5. The number of hydrogen-bond acceptors (Lipinski definition) is 2. The maximum absolute atomic E-state index is 4.60. The molecule has 1 aliphatic carbocycles. The molecule has 2 rings (SSSR count). The summed E-state index contributed by atoms with van der Waals surface area (Å²) in [5, 5.41) is 8.43. The first-order chi connectivity index (χ1) is 9.49. The average Bonchev–Trinajstić information content (AvgIpc) is 2.78. The predicted molar refractivity (Wildman–Crippen MR) is 84.7 cm³/mol. The van der Waals surface area contributed by atoms with E-state index in [-0.39, 0.29) is 0 Å². The highest BCUT2D eigenvalue weighted by Gasteiger charge is 2.27. The van der Waals surface area contributed by atoms with Gasteiger partial charge in [0, 0.05) is 31.4 Å².